The molecule has 1 atom stereocenters. The Morgan fingerprint density at radius 2 is 2.10 bits per heavy atom. The monoisotopic (exact) mass is 311 g/mol. The summed E-state index contributed by atoms with van der Waals surface area (Å²) >= 11 is 11.8. The van der Waals surface area contributed by atoms with E-state index in [0.29, 0.717) is 15.7 Å². The molecule has 0 fully saturated rings. The van der Waals surface area contributed by atoms with Crippen LogP contribution >= 0.6 is 23.2 Å². The van der Waals surface area contributed by atoms with Gasteiger partial charge in [0.25, 0.3) is 5.56 Å². The number of benzene rings is 1. The fourth-order valence-electron chi connectivity index (χ4n) is 1.60. The van der Waals surface area contributed by atoms with E-state index in [1.54, 1.807) is 19.1 Å². The minimum atomic E-state index is -0.754. The average molecular weight is 312 g/mol. The van der Waals surface area contributed by atoms with Crippen molar-refractivity contribution < 1.29 is 4.79 Å². The fraction of sp³-hybridized carbons (Fsp3) is 0.154. The van der Waals surface area contributed by atoms with Crippen molar-refractivity contribution in [3.8, 4) is 0 Å². The molecule has 1 heterocycles. The van der Waals surface area contributed by atoms with Crippen molar-refractivity contribution in [3.63, 3.8) is 0 Å². The van der Waals surface area contributed by atoms with Gasteiger partial charge in [0.1, 0.15) is 6.04 Å². The second kappa shape index (κ2) is 6.07. The number of rotatable bonds is 3. The minimum absolute atomic E-state index is 0.325. The van der Waals surface area contributed by atoms with Crippen molar-refractivity contribution in [3.05, 3.63) is 56.9 Å². The van der Waals surface area contributed by atoms with Crippen LogP contribution < -0.4 is 10.9 Å². The van der Waals surface area contributed by atoms with Crippen LogP contribution in [0.3, 0.4) is 0 Å². The SMILES string of the molecule is CC(C(=O)Nc1ccc(Cl)cc1Cl)n1ncccc1=O. The Labute approximate surface area is 125 Å². The van der Waals surface area contributed by atoms with E-state index in [4.69, 9.17) is 23.2 Å². The summed E-state index contributed by atoms with van der Waals surface area (Å²) in [7, 11) is 0. The van der Waals surface area contributed by atoms with Gasteiger partial charge in [0.2, 0.25) is 5.91 Å². The van der Waals surface area contributed by atoms with E-state index in [9.17, 15) is 9.59 Å². The number of carbonyl (C=O) groups excluding carboxylic acids is 1. The molecule has 0 saturated carbocycles. The Morgan fingerprint density at radius 3 is 2.75 bits per heavy atom. The molecule has 0 aliphatic rings. The molecule has 0 spiro atoms. The van der Waals surface area contributed by atoms with E-state index >= 15 is 0 Å². The van der Waals surface area contributed by atoms with E-state index in [1.165, 1.54) is 24.4 Å². The Balaban J connectivity index is 2.20. The van der Waals surface area contributed by atoms with Gasteiger partial charge in [0.15, 0.2) is 0 Å². The van der Waals surface area contributed by atoms with E-state index < -0.39 is 11.9 Å². The Kier molecular flexibility index (Phi) is 4.42. The molecule has 1 aromatic carbocycles. The van der Waals surface area contributed by atoms with Crippen LogP contribution in [0.1, 0.15) is 13.0 Å². The number of anilines is 1. The third-order valence-electron chi connectivity index (χ3n) is 2.68. The molecular formula is C13H11Cl2N3O2. The lowest BCUT2D eigenvalue weighted by Gasteiger charge is -2.14. The molecule has 20 heavy (non-hydrogen) atoms. The quantitative estimate of drug-likeness (QED) is 0.948. The zero-order valence-corrected chi connectivity index (χ0v) is 12.0. The summed E-state index contributed by atoms with van der Waals surface area (Å²) in [4.78, 5) is 23.7. The molecule has 0 radical (unpaired) electrons. The molecule has 2 rings (SSSR count). The third-order valence-corrected chi connectivity index (χ3v) is 3.22. The van der Waals surface area contributed by atoms with Crippen molar-refractivity contribution in [2.24, 2.45) is 0 Å². The highest BCUT2D eigenvalue weighted by Crippen LogP contribution is 2.25. The van der Waals surface area contributed by atoms with E-state index in [0.717, 1.165) is 4.68 Å². The number of aromatic nitrogens is 2. The van der Waals surface area contributed by atoms with Crippen LogP contribution in [0.4, 0.5) is 5.69 Å². The number of hydrogen-bond donors (Lipinski definition) is 1. The molecule has 0 saturated heterocycles. The second-order valence-corrected chi connectivity index (χ2v) is 4.94. The normalized spacial score (nSPS) is 11.9. The van der Waals surface area contributed by atoms with Gasteiger partial charge in [0.05, 0.1) is 10.7 Å². The maximum absolute atomic E-state index is 12.1. The zero-order valence-electron chi connectivity index (χ0n) is 10.5. The van der Waals surface area contributed by atoms with E-state index in [2.05, 4.69) is 10.4 Å². The first-order chi connectivity index (χ1) is 9.49. The highest BCUT2D eigenvalue weighted by molar-refractivity contribution is 6.36. The first-order valence-corrected chi connectivity index (χ1v) is 6.54. The minimum Gasteiger partial charge on any atom is -0.323 e. The van der Waals surface area contributed by atoms with Crippen LogP contribution in [0.15, 0.2) is 41.3 Å². The second-order valence-electron chi connectivity index (χ2n) is 4.10. The molecule has 1 unspecified atom stereocenters. The van der Waals surface area contributed by atoms with Crippen LogP contribution in [0.2, 0.25) is 10.0 Å². The number of hydrogen-bond acceptors (Lipinski definition) is 3. The van der Waals surface area contributed by atoms with Crippen molar-refractivity contribution >= 4 is 34.8 Å². The summed E-state index contributed by atoms with van der Waals surface area (Å²) in [6.07, 6.45) is 1.44. The summed E-state index contributed by atoms with van der Waals surface area (Å²) in [6.45, 7) is 1.58. The zero-order chi connectivity index (χ0) is 14.7. The van der Waals surface area contributed by atoms with E-state index in [-0.39, 0.29) is 5.56 Å². The van der Waals surface area contributed by atoms with Crippen LogP contribution in [-0.2, 0) is 4.79 Å². The first kappa shape index (κ1) is 14.6. The first-order valence-electron chi connectivity index (χ1n) is 5.79. The summed E-state index contributed by atoms with van der Waals surface area (Å²) in [5.74, 6) is -0.393. The molecule has 1 N–H and O–H groups in total. The predicted molar refractivity (Wildman–Crippen MR) is 78.3 cm³/mol. The lowest BCUT2D eigenvalue weighted by Crippen LogP contribution is -2.32. The molecule has 5 nitrogen and oxygen atoms in total. The van der Waals surface area contributed by atoms with E-state index in [1.807, 2.05) is 0 Å². The van der Waals surface area contributed by atoms with Crippen LogP contribution in [-0.4, -0.2) is 15.7 Å². The summed E-state index contributed by atoms with van der Waals surface area (Å²) in [5.41, 5.74) is 0.0780. The maximum atomic E-state index is 12.1. The highest BCUT2D eigenvalue weighted by Gasteiger charge is 2.17. The summed E-state index contributed by atoms with van der Waals surface area (Å²) in [5, 5.41) is 7.30. The van der Waals surface area contributed by atoms with Gasteiger partial charge in [-0.25, -0.2) is 4.68 Å². The van der Waals surface area contributed by atoms with Gasteiger partial charge in [-0.2, -0.15) is 5.10 Å². The topological polar surface area (TPSA) is 64.0 Å². The lowest BCUT2D eigenvalue weighted by molar-refractivity contribution is -0.119. The standard InChI is InChI=1S/C13H11Cl2N3O2/c1-8(18-12(19)3-2-6-16-18)13(20)17-11-5-4-9(14)7-10(11)15/h2-8H,1H3,(H,17,20). The van der Waals surface area contributed by atoms with Gasteiger partial charge in [-0.15, -0.1) is 0 Å². The van der Waals surface area contributed by atoms with Gasteiger partial charge in [-0.1, -0.05) is 23.2 Å². The predicted octanol–water partition coefficient (Wildman–Crippen LogP) is 2.75. The van der Waals surface area contributed by atoms with Gasteiger partial charge >= 0.3 is 0 Å². The molecule has 1 aromatic heterocycles. The molecule has 1 amide bonds. The largest absolute Gasteiger partial charge is 0.323 e. The number of halogens is 2. The smallest absolute Gasteiger partial charge is 0.267 e. The lowest BCUT2D eigenvalue weighted by atomic mass is 10.2. The number of nitrogens with one attached hydrogen (secondary N) is 1. The van der Waals surface area contributed by atoms with Crippen LogP contribution in [0.5, 0.6) is 0 Å². The highest BCUT2D eigenvalue weighted by atomic mass is 35.5. The Bertz CT molecular complexity index is 700. The van der Waals surface area contributed by atoms with Gasteiger partial charge < -0.3 is 5.32 Å². The molecule has 2 aromatic rings. The molecule has 104 valence electrons. The summed E-state index contributed by atoms with van der Waals surface area (Å²) in [6, 6.07) is 6.83. The summed E-state index contributed by atoms with van der Waals surface area (Å²) < 4.78 is 1.10. The van der Waals surface area contributed by atoms with Crippen molar-refractivity contribution in [2.75, 3.05) is 5.32 Å². The maximum Gasteiger partial charge on any atom is 0.267 e. The number of amides is 1. The van der Waals surface area contributed by atoms with Crippen molar-refractivity contribution in [2.45, 2.75) is 13.0 Å². The van der Waals surface area contributed by atoms with Crippen molar-refractivity contribution in [1.29, 1.82) is 0 Å². The van der Waals surface area contributed by atoms with Crippen LogP contribution in [0, 0.1) is 0 Å². The third kappa shape index (κ3) is 3.18. The Hall–Kier alpha value is -1.85. The number of nitrogens with zero attached hydrogens (tertiary/aromatic N) is 2. The number of carbonyl (C=O) groups is 1. The Morgan fingerprint density at radius 1 is 1.35 bits per heavy atom. The average Bonchev–Trinajstić information content (AvgIpc) is 2.41. The van der Waals surface area contributed by atoms with Gasteiger partial charge in [-0.05, 0) is 31.2 Å². The van der Waals surface area contributed by atoms with Gasteiger partial charge in [-0.3, -0.25) is 9.59 Å². The molecule has 0 aliphatic carbocycles. The fourth-order valence-corrected chi connectivity index (χ4v) is 2.05. The van der Waals surface area contributed by atoms with Crippen molar-refractivity contribution in [1.82, 2.24) is 9.78 Å². The molecule has 7 heteroatoms. The molecular weight excluding hydrogens is 301 g/mol. The molecule has 0 aliphatic heterocycles. The molecule has 0 bridgehead atoms. The van der Waals surface area contributed by atoms with Gasteiger partial charge in [0, 0.05) is 17.3 Å². The van der Waals surface area contributed by atoms with Crippen LogP contribution in [0.25, 0.3) is 0 Å².